The third-order valence-corrected chi connectivity index (χ3v) is 5.59. The number of carbonyl (C=O) groups is 6. The molecule has 13 nitrogen and oxygen atoms in total. The zero-order valence-corrected chi connectivity index (χ0v) is 19.6. The summed E-state index contributed by atoms with van der Waals surface area (Å²) < 4.78 is 0. The Hall–Kier alpha value is -4.00. The molecule has 1 aliphatic rings. The van der Waals surface area contributed by atoms with E-state index in [1.54, 1.807) is 30.3 Å². The number of amides is 4. The molecule has 8 N–H and O–H groups in total. The lowest BCUT2D eigenvalue weighted by Crippen LogP contribution is -2.58. The van der Waals surface area contributed by atoms with Gasteiger partial charge in [0.25, 0.3) is 0 Å². The number of carboxylic acids is 2. The number of nitrogens with one attached hydrogen (secondary N) is 4. The number of benzene rings is 1. The van der Waals surface area contributed by atoms with E-state index in [0.29, 0.717) is 18.5 Å². The fraction of sp³-hybridized carbons (Fsp3) is 0.478. The molecule has 0 spiro atoms. The molecule has 1 aliphatic heterocycles. The molecule has 1 aromatic rings. The van der Waals surface area contributed by atoms with Crippen molar-refractivity contribution in [2.45, 2.75) is 62.7 Å². The van der Waals surface area contributed by atoms with Crippen molar-refractivity contribution < 1.29 is 39.0 Å². The van der Waals surface area contributed by atoms with Crippen molar-refractivity contribution >= 4 is 35.6 Å². The molecule has 4 amide bonds. The number of rotatable bonds is 14. The second-order valence-corrected chi connectivity index (χ2v) is 8.46. The van der Waals surface area contributed by atoms with Gasteiger partial charge in [-0.1, -0.05) is 30.3 Å². The normalized spacial score (nSPS) is 17.3. The summed E-state index contributed by atoms with van der Waals surface area (Å²) in [6, 6.07) is 3.89. The predicted molar refractivity (Wildman–Crippen MR) is 125 cm³/mol. The van der Waals surface area contributed by atoms with Crippen molar-refractivity contribution in [3.63, 3.8) is 0 Å². The molecule has 36 heavy (non-hydrogen) atoms. The number of hydrogen-bond acceptors (Lipinski definition) is 7. The van der Waals surface area contributed by atoms with Gasteiger partial charge >= 0.3 is 11.9 Å². The monoisotopic (exact) mass is 505 g/mol. The van der Waals surface area contributed by atoms with Gasteiger partial charge in [0.05, 0.1) is 12.5 Å². The fourth-order valence-corrected chi connectivity index (χ4v) is 3.72. The van der Waals surface area contributed by atoms with Gasteiger partial charge < -0.3 is 37.2 Å². The predicted octanol–water partition coefficient (Wildman–Crippen LogP) is -1.74. The molecule has 196 valence electrons. The molecular formula is C23H31N5O8. The maximum Gasteiger partial charge on any atom is 0.326 e. The van der Waals surface area contributed by atoms with E-state index in [1.807, 2.05) is 0 Å². The lowest BCUT2D eigenvalue weighted by molar-refractivity contribution is -0.143. The van der Waals surface area contributed by atoms with Crippen LogP contribution in [0, 0.1) is 0 Å². The molecule has 1 saturated heterocycles. The Morgan fingerprint density at radius 1 is 0.944 bits per heavy atom. The molecule has 1 fully saturated rings. The van der Waals surface area contributed by atoms with Crippen molar-refractivity contribution in [2.24, 2.45) is 5.73 Å². The van der Waals surface area contributed by atoms with Crippen LogP contribution in [-0.2, 0) is 35.2 Å². The Labute approximate surface area is 207 Å². The standard InChI is InChI=1S/C23H31N5O8/c24-18(29)12-17(28-20(32)14-7-4-10-25-14)22(34)27-16(11-13-5-2-1-3-6-13)21(33)26-15(23(35)36)8-9-19(30)31/h1-3,5-6,14-17,25H,4,7-12H2,(H2,24,29)(H,26,33)(H,27,34)(H,28,32)(H,30,31)(H,35,36). The van der Waals surface area contributed by atoms with Crippen LogP contribution in [0.1, 0.15) is 37.7 Å². The van der Waals surface area contributed by atoms with Crippen LogP contribution in [0.2, 0.25) is 0 Å². The Bertz CT molecular complexity index is 965. The molecule has 0 bridgehead atoms. The van der Waals surface area contributed by atoms with E-state index in [4.69, 9.17) is 10.8 Å². The van der Waals surface area contributed by atoms with E-state index in [1.165, 1.54) is 0 Å². The number of nitrogens with two attached hydrogens (primary N) is 1. The van der Waals surface area contributed by atoms with Crippen LogP contribution in [0.3, 0.4) is 0 Å². The van der Waals surface area contributed by atoms with Gasteiger partial charge in [0.2, 0.25) is 23.6 Å². The Morgan fingerprint density at radius 2 is 1.58 bits per heavy atom. The van der Waals surface area contributed by atoms with Gasteiger partial charge in [0.1, 0.15) is 18.1 Å². The Morgan fingerprint density at radius 3 is 2.14 bits per heavy atom. The first kappa shape index (κ1) is 28.2. The van der Waals surface area contributed by atoms with Crippen LogP contribution >= 0.6 is 0 Å². The fourth-order valence-electron chi connectivity index (χ4n) is 3.72. The number of aliphatic carboxylic acids is 2. The molecule has 0 aliphatic carbocycles. The van der Waals surface area contributed by atoms with Crippen LogP contribution in [-0.4, -0.2) is 76.5 Å². The summed E-state index contributed by atoms with van der Waals surface area (Å²) >= 11 is 0. The first-order chi connectivity index (χ1) is 17.1. The van der Waals surface area contributed by atoms with E-state index in [0.717, 1.165) is 6.42 Å². The third-order valence-electron chi connectivity index (χ3n) is 5.59. The van der Waals surface area contributed by atoms with Crippen molar-refractivity contribution in [2.75, 3.05) is 6.54 Å². The van der Waals surface area contributed by atoms with Crippen LogP contribution in [0.5, 0.6) is 0 Å². The topological polar surface area (TPSA) is 217 Å². The molecule has 0 radical (unpaired) electrons. The van der Waals surface area contributed by atoms with Crippen molar-refractivity contribution in [3.05, 3.63) is 35.9 Å². The van der Waals surface area contributed by atoms with Crippen molar-refractivity contribution in [3.8, 4) is 0 Å². The molecule has 13 heteroatoms. The minimum Gasteiger partial charge on any atom is -0.481 e. The minimum atomic E-state index is -1.50. The van der Waals surface area contributed by atoms with Crippen LogP contribution in [0.25, 0.3) is 0 Å². The first-order valence-corrected chi connectivity index (χ1v) is 11.5. The van der Waals surface area contributed by atoms with Crippen LogP contribution < -0.4 is 27.0 Å². The summed E-state index contributed by atoms with van der Waals surface area (Å²) in [6.07, 6.45) is -0.0725. The quantitative estimate of drug-likeness (QED) is 0.152. The van der Waals surface area contributed by atoms with E-state index in [-0.39, 0.29) is 12.8 Å². The van der Waals surface area contributed by atoms with Gasteiger partial charge in [-0.15, -0.1) is 0 Å². The smallest absolute Gasteiger partial charge is 0.326 e. The number of carbonyl (C=O) groups excluding carboxylic acids is 4. The van der Waals surface area contributed by atoms with Crippen molar-refractivity contribution in [1.29, 1.82) is 0 Å². The zero-order chi connectivity index (χ0) is 26.7. The van der Waals surface area contributed by atoms with Gasteiger partial charge in [0.15, 0.2) is 0 Å². The van der Waals surface area contributed by atoms with Gasteiger partial charge in [0, 0.05) is 12.8 Å². The summed E-state index contributed by atoms with van der Waals surface area (Å²) in [4.78, 5) is 72.5. The minimum absolute atomic E-state index is 0.0366. The lowest BCUT2D eigenvalue weighted by atomic mass is 10.0. The highest BCUT2D eigenvalue weighted by atomic mass is 16.4. The van der Waals surface area contributed by atoms with E-state index >= 15 is 0 Å². The number of primary amides is 1. The second-order valence-electron chi connectivity index (χ2n) is 8.46. The number of carboxylic acid groups (broad SMARTS) is 2. The summed E-state index contributed by atoms with van der Waals surface area (Å²) in [7, 11) is 0. The Kier molecular flexibility index (Phi) is 10.8. The highest BCUT2D eigenvalue weighted by Gasteiger charge is 2.32. The molecule has 2 rings (SSSR count). The summed E-state index contributed by atoms with van der Waals surface area (Å²) in [6.45, 7) is 0.636. The highest BCUT2D eigenvalue weighted by molar-refractivity contribution is 5.96. The largest absolute Gasteiger partial charge is 0.481 e. The zero-order valence-electron chi connectivity index (χ0n) is 19.6. The van der Waals surface area contributed by atoms with Gasteiger partial charge in [-0.05, 0) is 31.4 Å². The van der Waals surface area contributed by atoms with Gasteiger partial charge in [-0.3, -0.25) is 24.0 Å². The molecule has 4 unspecified atom stereocenters. The summed E-state index contributed by atoms with van der Waals surface area (Å²) in [5.74, 6) is -5.72. The average Bonchev–Trinajstić information content (AvgIpc) is 3.36. The lowest BCUT2D eigenvalue weighted by Gasteiger charge is -2.25. The molecule has 4 atom stereocenters. The molecule has 1 aromatic carbocycles. The van der Waals surface area contributed by atoms with E-state index in [9.17, 15) is 33.9 Å². The highest BCUT2D eigenvalue weighted by Crippen LogP contribution is 2.08. The summed E-state index contributed by atoms with van der Waals surface area (Å²) in [5.41, 5.74) is 5.89. The van der Waals surface area contributed by atoms with Crippen LogP contribution in [0.15, 0.2) is 30.3 Å². The summed E-state index contributed by atoms with van der Waals surface area (Å²) in [5, 5.41) is 28.4. The SMILES string of the molecule is NC(=O)CC(NC(=O)C1CCCN1)C(=O)NC(Cc1ccccc1)C(=O)NC(CCC(=O)O)C(=O)O. The maximum absolute atomic E-state index is 13.0. The molecular weight excluding hydrogens is 474 g/mol. The average molecular weight is 506 g/mol. The first-order valence-electron chi connectivity index (χ1n) is 11.5. The molecule has 0 aromatic heterocycles. The van der Waals surface area contributed by atoms with Crippen molar-refractivity contribution in [1.82, 2.24) is 21.3 Å². The maximum atomic E-state index is 13.0. The third kappa shape index (κ3) is 9.33. The molecule has 0 saturated carbocycles. The Balaban J connectivity index is 2.19. The second kappa shape index (κ2) is 13.8. The van der Waals surface area contributed by atoms with E-state index < -0.39 is 72.6 Å². The molecule has 1 heterocycles. The van der Waals surface area contributed by atoms with Crippen LogP contribution in [0.4, 0.5) is 0 Å². The van der Waals surface area contributed by atoms with Gasteiger partial charge in [-0.25, -0.2) is 4.79 Å². The number of hydrogen-bond donors (Lipinski definition) is 7. The van der Waals surface area contributed by atoms with E-state index in [2.05, 4.69) is 21.3 Å². The van der Waals surface area contributed by atoms with Gasteiger partial charge in [-0.2, -0.15) is 0 Å².